The molecule has 4 rings (SSSR count). The van der Waals surface area contributed by atoms with E-state index in [1.165, 1.54) is 4.57 Å². The Kier molecular flexibility index (Phi) is 1.38. The summed E-state index contributed by atoms with van der Waals surface area (Å²) in [6.45, 7) is 0. The van der Waals surface area contributed by atoms with E-state index in [-0.39, 0.29) is 46.0 Å². The Morgan fingerprint density at radius 2 is 1.35 bits per heavy atom. The third-order valence-electron chi connectivity index (χ3n) is 3.13. The fourth-order valence-corrected chi connectivity index (χ4v) is 2.76. The molecular formula is C18H12BrN. The van der Waals surface area contributed by atoms with Crippen LogP contribution in [0.3, 0.4) is 0 Å². The van der Waals surface area contributed by atoms with Crippen LogP contribution in [0.5, 0.6) is 0 Å². The molecule has 0 radical (unpaired) electrons. The number of halogens is 1. The van der Waals surface area contributed by atoms with Gasteiger partial charge in [-0.25, -0.2) is 0 Å². The van der Waals surface area contributed by atoms with Crippen LogP contribution in [0.2, 0.25) is 0 Å². The van der Waals surface area contributed by atoms with Crippen LogP contribution < -0.4 is 0 Å². The van der Waals surface area contributed by atoms with Crippen LogP contribution in [-0.4, -0.2) is 4.57 Å². The molecule has 0 atom stereocenters. The van der Waals surface area contributed by atoms with E-state index in [1.54, 1.807) is 24.3 Å². The maximum absolute atomic E-state index is 8.42. The van der Waals surface area contributed by atoms with Gasteiger partial charge in [-0.15, -0.1) is 0 Å². The van der Waals surface area contributed by atoms with Crippen LogP contribution in [-0.2, 0) is 0 Å². The van der Waals surface area contributed by atoms with Gasteiger partial charge >= 0.3 is 0 Å². The lowest BCUT2D eigenvalue weighted by atomic mass is 10.2. The molecule has 0 amide bonds. The monoisotopic (exact) mass is 329 g/mol. The van der Waals surface area contributed by atoms with Crippen molar-refractivity contribution in [2.24, 2.45) is 0 Å². The smallest absolute Gasteiger partial charge is 0.0645 e. The molecule has 3 aromatic carbocycles. The lowest BCUT2D eigenvalue weighted by molar-refractivity contribution is 1.17. The lowest BCUT2D eigenvalue weighted by Gasteiger charge is -2.09. The zero-order valence-electron chi connectivity index (χ0n) is 18.1. The van der Waals surface area contributed by atoms with E-state index in [2.05, 4.69) is 15.9 Å². The third-order valence-corrected chi connectivity index (χ3v) is 3.80. The van der Waals surface area contributed by atoms with Crippen molar-refractivity contribution in [2.45, 2.75) is 0 Å². The van der Waals surface area contributed by atoms with Crippen molar-refractivity contribution in [1.29, 1.82) is 0 Å². The van der Waals surface area contributed by atoms with Gasteiger partial charge in [0.15, 0.2) is 0 Å². The summed E-state index contributed by atoms with van der Waals surface area (Å²) >= 11 is 3.44. The van der Waals surface area contributed by atoms with Crippen LogP contribution in [0.15, 0.2) is 77.1 Å². The van der Waals surface area contributed by atoms with E-state index in [0.717, 1.165) is 0 Å². The van der Waals surface area contributed by atoms with E-state index < -0.39 is 24.2 Å². The minimum absolute atomic E-state index is 0.0729. The second kappa shape index (κ2) is 4.50. The topological polar surface area (TPSA) is 4.93 Å². The number of fused-ring (bicyclic) bond motifs is 3. The van der Waals surface area contributed by atoms with Gasteiger partial charge in [-0.3, -0.25) is 0 Å². The van der Waals surface area contributed by atoms with Crippen molar-refractivity contribution in [1.82, 2.24) is 4.57 Å². The molecule has 0 spiro atoms. The van der Waals surface area contributed by atoms with Crippen LogP contribution in [0.25, 0.3) is 27.5 Å². The average Bonchev–Trinajstić information content (AvgIpc) is 3.04. The third kappa shape index (κ3) is 1.61. The maximum Gasteiger partial charge on any atom is 0.0645 e. The molecule has 1 heterocycles. The summed E-state index contributed by atoms with van der Waals surface area (Å²) in [5.74, 6) is 0. The number of benzene rings is 3. The highest BCUT2D eigenvalue weighted by Crippen LogP contribution is 2.33. The van der Waals surface area contributed by atoms with Crippen molar-refractivity contribution < 1.29 is 11.0 Å². The number of para-hydroxylation sites is 3. The Morgan fingerprint density at radius 1 is 0.800 bits per heavy atom. The van der Waals surface area contributed by atoms with Crippen molar-refractivity contribution >= 4 is 37.7 Å². The van der Waals surface area contributed by atoms with Crippen molar-refractivity contribution in [3.8, 4) is 5.69 Å². The van der Waals surface area contributed by atoms with Gasteiger partial charge in [0.05, 0.1) is 27.7 Å². The Hall–Kier alpha value is -2.06. The number of rotatable bonds is 1. The summed E-state index contributed by atoms with van der Waals surface area (Å²) in [5.41, 5.74) is 0.734. The molecule has 4 aromatic rings. The normalized spacial score (nSPS) is 16.9. The van der Waals surface area contributed by atoms with Gasteiger partial charge in [0.25, 0.3) is 0 Å². The summed E-state index contributed by atoms with van der Waals surface area (Å²) in [7, 11) is 0. The fourth-order valence-electron chi connectivity index (χ4n) is 2.29. The molecule has 20 heavy (non-hydrogen) atoms. The van der Waals surface area contributed by atoms with Crippen molar-refractivity contribution in [3.05, 3.63) is 77.1 Å². The molecule has 2 heteroatoms. The summed E-state index contributed by atoms with van der Waals surface area (Å²) in [4.78, 5) is 0. The van der Waals surface area contributed by atoms with Crippen molar-refractivity contribution in [3.63, 3.8) is 0 Å². The highest BCUT2D eigenvalue weighted by Gasteiger charge is 2.12. The SMILES string of the molecule is [2H]c1c([2H])c([2H])c2c(c1[2H])c1c([2H])c([2H])c([2H])c([2H])c1n2-c1ccccc1Br. The molecular weight excluding hydrogens is 310 g/mol. The van der Waals surface area contributed by atoms with Gasteiger partial charge in [-0.2, -0.15) is 0 Å². The van der Waals surface area contributed by atoms with Gasteiger partial charge in [-0.1, -0.05) is 48.4 Å². The predicted molar refractivity (Wildman–Crippen MR) is 88.5 cm³/mol. The molecule has 0 saturated carbocycles. The van der Waals surface area contributed by atoms with E-state index in [9.17, 15) is 0 Å². The van der Waals surface area contributed by atoms with Gasteiger partial charge in [-0.05, 0) is 40.1 Å². The minimum atomic E-state index is -0.448. The summed E-state index contributed by atoms with van der Waals surface area (Å²) in [6.07, 6.45) is 0. The van der Waals surface area contributed by atoms with Crippen LogP contribution in [0, 0.1) is 0 Å². The summed E-state index contributed by atoms with van der Waals surface area (Å²) < 4.78 is 67.8. The first-order valence-corrected chi connectivity index (χ1v) is 6.73. The first-order chi connectivity index (χ1) is 13.2. The molecule has 1 nitrogen and oxygen atoms in total. The second-order valence-electron chi connectivity index (χ2n) is 4.23. The zero-order chi connectivity index (χ0) is 20.5. The number of hydrogen-bond donors (Lipinski definition) is 0. The van der Waals surface area contributed by atoms with Gasteiger partial charge < -0.3 is 4.57 Å². The second-order valence-corrected chi connectivity index (χ2v) is 5.09. The first-order valence-electron chi connectivity index (χ1n) is 9.94. The van der Waals surface area contributed by atoms with Crippen LogP contribution in [0.4, 0.5) is 0 Å². The average molecular weight is 330 g/mol. The molecule has 96 valence electrons. The number of hydrogen-bond acceptors (Lipinski definition) is 0. The lowest BCUT2D eigenvalue weighted by Crippen LogP contribution is -1.94. The van der Waals surface area contributed by atoms with E-state index >= 15 is 0 Å². The first kappa shape index (κ1) is 6.15. The molecule has 0 N–H and O–H groups in total. The quantitative estimate of drug-likeness (QED) is 0.431. The van der Waals surface area contributed by atoms with E-state index in [4.69, 9.17) is 11.0 Å². The highest BCUT2D eigenvalue weighted by atomic mass is 79.9. The van der Waals surface area contributed by atoms with Gasteiger partial charge in [0, 0.05) is 15.2 Å². The molecule has 0 aliphatic carbocycles. The minimum Gasteiger partial charge on any atom is -0.308 e. The Balaban J connectivity index is 2.47. The van der Waals surface area contributed by atoms with Crippen LogP contribution in [0.1, 0.15) is 11.0 Å². The summed E-state index contributed by atoms with van der Waals surface area (Å²) in [6, 6.07) is 3.96. The molecule has 0 aliphatic rings. The molecule has 0 bridgehead atoms. The molecule has 0 saturated heterocycles. The predicted octanol–water partition coefficient (Wildman–Crippen LogP) is 5.55. The molecule has 0 fully saturated rings. The van der Waals surface area contributed by atoms with Gasteiger partial charge in [0.1, 0.15) is 0 Å². The Bertz CT molecular complexity index is 1230. The van der Waals surface area contributed by atoms with E-state index in [0.29, 0.717) is 10.2 Å². The van der Waals surface area contributed by atoms with Gasteiger partial charge in [0.2, 0.25) is 0 Å². The fraction of sp³-hybridized carbons (Fsp3) is 0. The molecule has 0 aliphatic heterocycles. The Labute approximate surface area is 136 Å². The Morgan fingerprint density at radius 3 is 1.95 bits per heavy atom. The largest absolute Gasteiger partial charge is 0.308 e. The van der Waals surface area contributed by atoms with Crippen molar-refractivity contribution in [2.75, 3.05) is 0 Å². The highest BCUT2D eigenvalue weighted by molar-refractivity contribution is 9.10. The zero-order valence-corrected chi connectivity index (χ0v) is 11.7. The number of aromatic nitrogens is 1. The van der Waals surface area contributed by atoms with Crippen LogP contribution >= 0.6 is 15.9 Å². The molecule has 0 unspecified atom stereocenters. The standard InChI is InChI=1S/C18H12BrN/c19-15-9-3-6-12-18(15)20-16-10-4-1-7-13(16)14-8-2-5-11-17(14)20/h1-12H/i1D,2D,4D,5D,7D,8D,10D,11D. The number of nitrogens with zero attached hydrogens (tertiary/aromatic N) is 1. The van der Waals surface area contributed by atoms with E-state index in [1.807, 2.05) is 0 Å². The summed E-state index contributed by atoms with van der Waals surface area (Å²) in [5, 5.41) is 0.146. The maximum atomic E-state index is 8.42. The molecule has 1 aromatic heterocycles.